The zero-order valence-corrected chi connectivity index (χ0v) is 9.23. The van der Waals surface area contributed by atoms with Gasteiger partial charge in [0.2, 0.25) is 0 Å². The first-order valence-electron chi connectivity index (χ1n) is 4.37. The Bertz CT molecular complexity index is 244. The molecule has 1 aromatic rings. The molecular weight excluding hydrogens is 180 g/mol. The van der Waals surface area contributed by atoms with Crippen LogP contribution in [0.3, 0.4) is 0 Å². The van der Waals surface area contributed by atoms with Crippen LogP contribution in [-0.2, 0) is 4.74 Å². The zero-order chi connectivity index (χ0) is 9.73. The summed E-state index contributed by atoms with van der Waals surface area (Å²) >= 11 is 1.85. The fourth-order valence-corrected chi connectivity index (χ4v) is 2.29. The molecule has 1 aromatic carbocycles. The van der Waals surface area contributed by atoms with Crippen LogP contribution in [0.1, 0.15) is 13.8 Å². The van der Waals surface area contributed by atoms with Crippen molar-refractivity contribution in [2.24, 2.45) is 0 Å². The number of thioether (sulfide) groups is 1. The summed E-state index contributed by atoms with van der Waals surface area (Å²) in [6.07, 6.45) is 0. The van der Waals surface area contributed by atoms with Crippen molar-refractivity contribution in [3.63, 3.8) is 0 Å². The summed E-state index contributed by atoms with van der Waals surface area (Å²) in [6.45, 7) is 5.15. The molecule has 72 valence electrons. The van der Waals surface area contributed by atoms with Crippen LogP contribution in [0.2, 0.25) is 0 Å². The van der Waals surface area contributed by atoms with E-state index in [4.69, 9.17) is 4.74 Å². The summed E-state index contributed by atoms with van der Waals surface area (Å²) in [6, 6.07) is 10.4. The fourth-order valence-electron chi connectivity index (χ4n) is 1.18. The number of ether oxygens (including phenoxy) is 1. The second-order valence-corrected chi connectivity index (χ2v) is 5.39. The van der Waals surface area contributed by atoms with Gasteiger partial charge in [0.1, 0.15) is 0 Å². The van der Waals surface area contributed by atoms with E-state index in [-0.39, 0.29) is 4.75 Å². The van der Waals surface area contributed by atoms with E-state index < -0.39 is 0 Å². The van der Waals surface area contributed by atoms with Crippen LogP contribution in [0.4, 0.5) is 0 Å². The van der Waals surface area contributed by atoms with Gasteiger partial charge < -0.3 is 4.74 Å². The Labute approximate surface area is 84.5 Å². The van der Waals surface area contributed by atoms with Gasteiger partial charge in [0, 0.05) is 16.8 Å². The number of methoxy groups -OCH3 is 1. The highest BCUT2D eigenvalue weighted by atomic mass is 32.2. The maximum atomic E-state index is 5.16. The standard InChI is InChI=1S/C11H16OS/c1-11(2,9-12-3)13-10-7-5-4-6-8-10/h4-8H,9H2,1-3H3. The van der Waals surface area contributed by atoms with Gasteiger partial charge in [0.05, 0.1) is 6.61 Å². The Morgan fingerprint density at radius 3 is 2.38 bits per heavy atom. The van der Waals surface area contributed by atoms with E-state index in [0.717, 1.165) is 6.61 Å². The van der Waals surface area contributed by atoms with Crippen LogP contribution < -0.4 is 0 Å². The molecule has 0 bridgehead atoms. The van der Waals surface area contributed by atoms with Crippen molar-refractivity contribution in [1.82, 2.24) is 0 Å². The molecule has 0 saturated heterocycles. The van der Waals surface area contributed by atoms with Crippen molar-refractivity contribution in [2.75, 3.05) is 13.7 Å². The first kappa shape index (κ1) is 10.6. The fraction of sp³-hybridized carbons (Fsp3) is 0.455. The van der Waals surface area contributed by atoms with Gasteiger partial charge in [-0.1, -0.05) is 18.2 Å². The maximum absolute atomic E-state index is 5.16. The number of benzene rings is 1. The van der Waals surface area contributed by atoms with Crippen molar-refractivity contribution in [1.29, 1.82) is 0 Å². The third-order valence-corrected chi connectivity index (χ3v) is 2.81. The number of rotatable bonds is 4. The van der Waals surface area contributed by atoms with Crippen LogP contribution >= 0.6 is 11.8 Å². The summed E-state index contributed by atoms with van der Waals surface area (Å²) in [5.74, 6) is 0. The molecule has 0 amide bonds. The third-order valence-electron chi connectivity index (χ3n) is 1.63. The number of hydrogen-bond acceptors (Lipinski definition) is 2. The quantitative estimate of drug-likeness (QED) is 0.684. The second-order valence-electron chi connectivity index (χ2n) is 3.61. The van der Waals surface area contributed by atoms with Crippen molar-refractivity contribution >= 4 is 11.8 Å². The van der Waals surface area contributed by atoms with Crippen molar-refractivity contribution in [3.8, 4) is 0 Å². The number of hydrogen-bond donors (Lipinski definition) is 0. The normalized spacial score (nSPS) is 11.6. The molecule has 0 N–H and O–H groups in total. The molecule has 0 heterocycles. The van der Waals surface area contributed by atoms with Crippen molar-refractivity contribution in [2.45, 2.75) is 23.5 Å². The largest absolute Gasteiger partial charge is 0.383 e. The molecule has 0 aliphatic rings. The molecular formula is C11H16OS. The lowest BCUT2D eigenvalue weighted by molar-refractivity contribution is 0.179. The van der Waals surface area contributed by atoms with Gasteiger partial charge >= 0.3 is 0 Å². The van der Waals surface area contributed by atoms with Gasteiger partial charge in [-0.15, -0.1) is 11.8 Å². The highest BCUT2D eigenvalue weighted by Crippen LogP contribution is 2.31. The molecule has 0 saturated carbocycles. The molecule has 1 nitrogen and oxygen atoms in total. The van der Waals surface area contributed by atoms with Crippen LogP contribution in [-0.4, -0.2) is 18.5 Å². The Balaban J connectivity index is 2.58. The zero-order valence-electron chi connectivity index (χ0n) is 8.41. The predicted octanol–water partition coefficient (Wildman–Crippen LogP) is 3.20. The minimum absolute atomic E-state index is 0.149. The molecule has 2 heteroatoms. The van der Waals surface area contributed by atoms with Crippen LogP contribution in [0, 0.1) is 0 Å². The first-order chi connectivity index (χ1) is 6.14. The molecule has 1 rings (SSSR count). The second kappa shape index (κ2) is 4.68. The lowest BCUT2D eigenvalue weighted by Crippen LogP contribution is -2.21. The minimum atomic E-state index is 0.149. The Morgan fingerprint density at radius 2 is 1.85 bits per heavy atom. The lowest BCUT2D eigenvalue weighted by atomic mass is 10.2. The highest BCUT2D eigenvalue weighted by molar-refractivity contribution is 8.00. The topological polar surface area (TPSA) is 9.23 Å². The van der Waals surface area contributed by atoms with Crippen LogP contribution in [0.5, 0.6) is 0 Å². The van der Waals surface area contributed by atoms with E-state index in [1.807, 2.05) is 17.8 Å². The average molecular weight is 196 g/mol. The Hall–Kier alpha value is -0.470. The van der Waals surface area contributed by atoms with E-state index in [1.165, 1.54) is 4.90 Å². The van der Waals surface area contributed by atoms with Gasteiger partial charge in [0.25, 0.3) is 0 Å². The summed E-state index contributed by atoms with van der Waals surface area (Å²) in [5.41, 5.74) is 0. The van der Waals surface area contributed by atoms with Crippen LogP contribution in [0.25, 0.3) is 0 Å². The van der Waals surface area contributed by atoms with Crippen LogP contribution in [0.15, 0.2) is 35.2 Å². The van der Waals surface area contributed by atoms with E-state index in [0.29, 0.717) is 0 Å². The van der Waals surface area contributed by atoms with Crippen molar-refractivity contribution in [3.05, 3.63) is 30.3 Å². The monoisotopic (exact) mass is 196 g/mol. The molecule has 0 aromatic heterocycles. The first-order valence-corrected chi connectivity index (χ1v) is 5.19. The van der Waals surface area contributed by atoms with Gasteiger partial charge in [-0.05, 0) is 26.0 Å². The summed E-state index contributed by atoms with van der Waals surface area (Å²) in [5, 5.41) is 0. The van der Waals surface area contributed by atoms with E-state index in [2.05, 4.69) is 38.1 Å². The van der Waals surface area contributed by atoms with E-state index in [9.17, 15) is 0 Å². The van der Waals surface area contributed by atoms with E-state index >= 15 is 0 Å². The smallest absolute Gasteiger partial charge is 0.0607 e. The van der Waals surface area contributed by atoms with Crippen molar-refractivity contribution < 1.29 is 4.74 Å². The highest BCUT2D eigenvalue weighted by Gasteiger charge is 2.18. The Morgan fingerprint density at radius 1 is 1.23 bits per heavy atom. The summed E-state index contributed by atoms with van der Waals surface area (Å²) in [4.78, 5) is 1.30. The molecule has 0 fully saturated rings. The molecule has 0 spiro atoms. The predicted molar refractivity (Wildman–Crippen MR) is 58.3 cm³/mol. The van der Waals surface area contributed by atoms with Gasteiger partial charge in [-0.25, -0.2) is 0 Å². The van der Waals surface area contributed by atoms with Gasteiger partial charge in [-0.3, -0.25) is 0 Å². The molecule has 0 aliphatic heterocycles. The maximum Gasteiger partial charge on any atom is 0.0607 e. The average Bonchev–Trinajstić information content (AvgIpc) is 2.04. The lowest BCUT2D eigenvalue weighted by Gasteiger charge is -2.22. The molecule has 0 aliphatic carbocycles. The summed E-state index contributed by atoms with van der Waals surface area (Å²) in [7, 11) is 1.74. The molecule has 0 unspecified atom stereocenters. The summed E-state index contributed by atoms with van der Waals surface area (Å²) < 4.78 is 5.31. The van der Waals surface area contributed by atoms with Gasteiger partial charge in [-0.2, -0.15) is 0 Å². The Kier molecular flexibility index (Phi) is 3.82. The molecule has 0 atom stereocenters. The van der Waals surface area contributed by atoms with E-state index in [1.54, 1.807) is 7.11 Å². The molecule has 13 heavy (non-hydrogen) atoms. The third kappa shape index (κ3) is 3.83. The van der Waals surface area contributed by atoms with Gasteiger partial charge in [0.15, 0.2) is 0 Å². The minimum Gasteiger partial charge on any atom is -0.383 e. The molecule has 0 radical (unpaired) electrons. The SMILES string of the molecule is COCC(C)(C)Sc1ccccc1.